The quantitative estimate of drug-likeness (QED) is 0.775. The average molecular weight is 241 g/mol. The number of nitrogens with zero attached hydrogens (tertiary/aromatic N) is 3. The highest BCUT2D eigenvalue weighted by atomic mass is 32.2. The minimum absolute atomic E-state index is 0.395. The third-order valence-corrected chi connectivity index (χ3v) is 3.42. The predicted octanol–water partition coefficient (Wildman–Crippen LogP) is 2.95. The van der Waals surface area contributed by atoms with Crippen molar-refractivity contribution in [2.24, 2.45) is 0 Å². The standard InChI is InChI=1S/C13H11N3S/c1-10-4-2-3-5-11(10)9-17-13-12(8-14)15-6-7-16-13/h2-7H,9H2,1H3. The Morgan fingerprint density at radius 3 is 2.76 bits per heavy atom. The molecule has 0 saturated heterocycles. The molecule has 0 unspecified atom stereocenters. The number of benzene rings is 1. The molecule has 0 N–H and O–H groups in total. The number of aromatic nitrogens is 2. The molecular weight excluding hydrogens is 230 g/mol. The van der Waals surface area contributed by atoms with Gasteiger partial charge in [0.05, 0.1) is 0 Å². The molecule has 1 aromatic heterocycles. The second kappa shape index (κ2) is 5.46. The minimum Gasteiger partial charge on any atom is -0.245 e. The first-order valence-corrected chi connectivity index (χ1v) is 6.18. The van der Waals surface area contributed by atoms with Gasteiger partial charge >= 0.3 is 0 Å². The Labute approximate surface area is 105 Å². The number of hydrogen-bond acceptors (Lipinski definition) is 4. The molecular formula is C13H11N3S. The van der Waals surface area contributed by atoms with Gasteiger partial charge in [0.1, 0.15) is 11.1 Å². The zero-order chi connectivity index (χ0) is 12.1. The molecule has 2 rings (SSSR count). The van der Waals surface area contributed by atoms with E-state index in [1.165, 1.54) is 17.3 Å². The fourth-order valence-corrected chi connectivity index (χ4v) is 2.41. The molecule has 84 valence electrons. The predicted molar refractivity (Wildman–Crippen MR) is 67.5 cm³/mol. The summed E-state index contributed by atoms with van der Waals surface area (Å²) in [6, 6.07) is 10.3. The van der Waals surface area contributed by atoms with E-state index in [9.17, 15) is 0 Å². The summed E-state index contributed by atoms with van der Waals surface area (Å²) < 4.78 is 0. The molecule has 0 atom stereocenters. The summed E-state index contributed by atoms with van der Waals surface area (Å²) in [5.74, 6) is 0.806. The molecule has 0 aliphatic rings. The van der Waals surface area contributed by atoms with Crippen LogP contribution in [0.1, 0.15) is 16.8 Å². The van der Waals surface area contributed by atoms with E-state index in [1.807, 2.05) is 12.1 Å². The van der Waals surface area contributed by atoms with Crippen LogP contribution in [0, 0.1) is 18.3 Å². The summed E-state index contributed by atoms with van der Waals surface area (Å²) in [6.45, 7) is 2.08. The number of nitriles is 1. The fraction of sp³-hybridized carbons (Fsp3) is 0.154. The van der Waals surface area contributed by atoms with Gasteiger partial charge in [-0.05, 0) is 18.1 Å². The summed E-state index contributed by atoms with van der Waals surface area (Å²) >= 11 is 1.54. The van der Waals surface area contributed by atoms with Crippen LogP contribution in [-0.4, -0.2) is 9.97 Å². The first kappa shape index (κ1) is 11.6. The van der Waals surface area contributed by atoms with Gasteiger partial charge in [-0.15, -0.1) is 0 Å². The summed E-state index contributed by atoms with van der Waals surface area (Å²) in [6.07, 6.45) is 3.15. The number of rotatable bonds is 3. The molecule has 0 aliphatic heterocycles. The van der Waals surface area contributed by atoms with Crippen LogP contribution < -0.4 is 0 Å². The van der Waals surface area contributed by atoms with E-state index >= 15 is 0 Å². The lowest BCUT2D eigenvalue weighted by Gasteiger charge is -2.05. The molecule has 4 heteroatoms. The Bertz CT molecular complexity index is 561. The first-order chi connectivity index (χ1) is 8.31. The lowest BCUT2D eigenvalue weighted by molar-refractivity contribution is 1.02. The highest BCUT2D eigenvalue weighted by Gasteiger charge is 2.05. The van der Waals surface area contributed by atoms with Gasteiger partial charge in [0, 0.05) is 18.1 Å². The first-order valence-electron chi connectivity index (χ1n) is 5.19. The molecule has 0 aliphatic carbocycles. The van der Waals surface area contributed by atoms with E-state index in [2.05, 4.69) is 35.1 Å². The van der Waals surface area contributed by atoms with Crippen molar-refractivity contribution in [2.45, 2.75) is 17.7 Å². The van der Waals surface area contributed by atoms with Gasteiger partial charge in [0.2, 0.25) is 0 Å². The fourth-order valence-electron chi connectivity index (χ4n) is 1.43. The van der Waals surface area contributed by atoms with Crippen LogP contribution >= 0.6 is 11.8 Å². The zero-order valence-corrected chi connectivity index (χ0v) is 10.2. The smallest absolute Gasteiger partial charge is 0.172 e. The second-order valence-electron chi connectivity index (χ2n) is 3.54. The highest BCUT2D eigenvalue weighted by molar-refractivity contribution is 7.98. The topological polar surface area (TPSA) is 49.6 Å². The van der Waals surface area contributed by atoms with Crippen LogP contribution in [0.2, 0.25) is 0 Å². The van der Waals surface area contributed by atoms with E-state index < -0.39 is 0 Å². The van der Waals surface area contributed by atoms with Crippen molar-refractivity contribution in [3.8, 4) is 6.07 Å². The van der Waals surface area contributed by atoms with Crippen molar-refractivity contribution in [3.63, 3.8) is 0 Å². The molecule has 17 heavy (non-hydrogen) atoms. The minimum atomic E-state index is 0.395. The number of thioether (sulfide) groups is 1. The van der Waals surface area contributed by atoms with Crippen molar-refractivity contribution < 1.29 is 0 Å². The Morgan fingerprint density at radius 1 is 1.24 bits per heavy atom. The van der Waals surface area contributed by atoms with E-state index in [0.717, 1.165) is 5.75 Å². The highest BCUT2D eigenvalue weighted by Crippen LogP contribution is 2.23. The van der Waals surface area contributed by atoms with E-state index in [1.54, 1.807) is 18.0 Å². The van der Waals surface area contributed by atoms with Crippen molar-refractivity contribution in [1.29, 1.82) is 5.26 Å². The Hall–Kier alpha value is -1.86. The number of hydrogen-bond donors (Lipinski definition) is 0. The summed E-state index contributed by atoms with van der Waals surface area (Å²) in [7, 11) is 0. The summed E-state index contributed by atoms with van der Waals surface area (Å²) in [5.41, 5.74) is 2.90. The largest absolute Gasteiger partial charge is 0.245 e. The third kappa shape index (κ3) is 2.83. The molecule has 1 aromatic carbocycles. The molecule has 0 amide bonds. The molecule has 3 nitrogen and oxygen atoms in total. The maximum absolute atomic E-state index is 8.90. The molecule has 0 fully saturated rings. The Balaban J connectivity index is 2.13. The van der Waals surface area contributed by atoms with Gasteiger partial charge in [-0.3, -0.25) is 0 Å². The van der Waals surface area contributed by atoms with Crippen LogP contribution in [0.4, 0.5) is 0 Å². The number of aryl methyl sites for hydroxylation is 1. The Morgan fingerprint density at radius 2 is 2.00 bits per heavy atom. The van der Waals surface area contributed by atoms with Crippen LogP contribution in [0.3, 0.4) is 0 Å². The van der Waals surface area contributed by atoms with Gasteiger partial charge in [-0.2, -0.15) is 5.26 Å². The summed E-state index contributed by atoms with van der Waals surface area (Å²) in [5, 5.41) is 9.60. The normalized spacial score (nSPS) is 9.88. The maximum Gasteiger partial charge on any atom is 0.172 e. The summed E-state index contributed by atoms with van der Waals surface area (Å²) in [4.78, 5) is 8.16. The van der Waals surface area contributed by atoms with Crippen molar-refractivity contribution in [2.75, 3.05) is 0 Å². The van der Waals surface area contributed by atoms with Gasteiger partial charge in [-0.1, -0.05) is 36.0 Å². The lowest BCUT2D eigenvalue weighted by atomic mass is 10.1. The van der Waals surface area contributed by atoms with Gasteiger partial charge in [-0.25, -0.2) is 9.97 Å². The van der Waals surface area contributed by atoms with Crippen molar-refractivity contribution >= 4 is 11.8 Å². The second-order valence-corrected chi connectivity index (χ2v) is 4.50. The van der Waals surface area contributed by atoms with Crippen LogP contribution in [0.15, 0.2) is 41.7 Å². The van der Waals surface area contributed by atoms with E-state index in [0.29, 0.717) is 10.7 Å². The van der Waals surface area contributed by atoms with Gasteiger partial charge in [0.25, 0.3) is 0 Å². The van der Waals surface area contributed by atoms with Crippen molar-refractivity contribution in [3.05, 3.63) is 53.5 Å². The third-order valence-electron chi connectivity index (χ3n) is 2.40. The molecule has 0 radical (unpaired) electrons. The van der Waals surface area contributed by atoms with Gasteiger partial charge < -0.3 is 0 Å². The maximum atomic E-state index is 8.90. The Kier molecular flexibility index (Phi) is 3.73. The zero-order valence-electron chi connectivity index (χ0n) is 9.42. The lowest BCUT2D eigenvalue weighted by Crippen LogP contribution is -1.91. The molecule has 0 saturated carbocycles. The molecule has 0 spiro atoms. The van der Waals surface area contributed by atoms with Crippen LogP contribution in [0.5, 0.6) is 0 Å². The molecule has 0 bridgehead atoms. The van der Waals surface area contributed by atoms with E-state index in [-0.39, 0.29) is 0 Å². The van der Waals surface area contributed by atoms with Gasteiger partial charge in [0.15, 0.2) is 5.69 Å². The molecule has 2 aromatic rings. The molecule has 1 heterocycles. The van der Waals surface area contributed by atoms with Crippen LogP contribution in [0.25, 0.3) is 0 Å². The van der Waals surface area contributed by atoms with E-state index in [4.69, 9.17) is 5.26 Å². The van der Waals surface area contributed by atoms with Crippen molar-refractivity contribution in [1.82, 2.24) is 9.97 Å². The monoisotopic (exact) mass is 241 g/mol. The average Bonchev–Trinajstić information content (AvgIpc) is 2.38. The van der Waals surface area contributed by atoms with Crippen LogP contribution in [-0.2, 0) is 5.75 Å². The SMILES string of the molecule is Cc1ccccc1CSc1nccnc1C#N.